The minimum Gasteiger partial charge on any atom is -0.360 e. The highest BCUT2D eigenvalue weighted by atomic mass is 35.5. The van der Waals surface area contributed by atoms with E-state index in [1.807, 2.05) is 47.4 Å². The minimum atomic E-state index is -0.0899. The lowest BCUT2D eigenvalue weighted by Crippen LogP contribution is -2.49. The minimum absolute atomic E-state index is 0.0899. The lowest BCUT2D eigenvalue weighted by atomic mass is 10.0. The molecular weight excluding hydrogens is 402 g/mol. The number of anilines is 1. The zero-order valence-corrected chi connectivity index (χ0v) is 17.2. The molecule has 0 radical (unpaired) electrons. The van der Waals surface area contributed by atoms with E-state index in [4.69, 9.17) is 16.1 Å². The van der Waals surface area contributed by atoms with E-state index in [0.717, 1.165) is 17.0 Å². The van der Waals surface area contributed by atoms with E-state index in [9.17, 15) is 4.79 Å². The van der Waals surface area contributed by atoms with Crippen LogP contribution in [0.25, 0.3) is 22.3 Å². The van der Waals surface area contributed by atoms with Crippen molar-refractivity contribution >= 4 is 34.5 Å². The molecule has 3 heterocycles. The van der Waals surface area contributed by atoms with E-state index in [1.165, 1.54) is 0 Å². The second-order valence-corrected chi connectivity index (χ2v) is 7.71. The van der Waals surface area contributed by atoms with Crippen LogP contribution < -0.4 is 4.90 Å². The summed E-state index contributed by atoms with van der Waals surface area (Å²) in [4.78, 5) is 25.3. The molecule has 2 aromatic carbocycles. The van der Waals surface area contributed by atoms with Gasteiger partial charge in [-0.05, 0) is 25.1 Å². The summed E-state index contributed by atoms with van der Waals surface area (Å²) in [5, 5.41) is 4.65. The summed E-state index contributed by atoms with van der Waals surface area (Å²) in [6.07, 6.45) is 0. The Kier molecular flexibility index (Phi) is 4.67. The fraction of sp³-hybridized carbons (Fsp3) is 0.227. The molecule has 0 spiro atoms. The van der Waals surface area contributed by atoms with Crippen LogP contribution in [0, 0.1) is 6.92 Å². The number of fused-ring (bicyclic) bond motifs is 1. The van der Waals surface area contributed by atoms with E-state index < -0.39 is 0 Å². The third kappa shape index (κ3) is 3.21. The number of aromatic nitrogens is 3. The molecule has 2 aromatic heterocycles. The lowest BCUT2D eigenvalue weighted by molar-refractivity contribution is 0.0745. The number of aryl methyl sites for hydroxylation is 1. The maximum atomic E-state index is 13.3. The average Bonchev–Trinajstić information content (AvgIpc) is 3.37. The standard InChI is InChI=1S/C22H20ClN5O2/c1-14-19(20(26-30-14)15-6-2-3-7-16(15)23)21(29)27-10-12-28(13-11-27)22-24-17-8-4-5-9-18(17)25-22/h2-9H,10-13H2,1H3,(H,24,25). The quantitative estimate of drug-likeness (QED) is 0.537. The number of benzene rings is 2. The van der Waals surface area contributed by atoms with Crippen LogP contribution in [0.1, 0.15) is 16.1 Å². The summed E-state index contributed by atoms with van der Waals surface area (Å²) >= 11 is 6.33. The predicted octanol–water partition coefficient (Wildman–Crippen LogP) is 4.14. The highest BCUT2D eigenvalue weighted by Crippen LogP contribution is 2.32. The molecule has 1 N–H and O–H groups in total. The maximum Gasteiger partial charge on any atom is 0.259 e. The average molecular weight is 422 g/mol. The second kappa shape index (κ2) is 7.50. The molecule has 152 valence electrons. The van der Waals surface area contributed by atoms with Crippen molar-refractivity contribution in [3.05, 3.63) is 64.9 Å². The molecule has 0 bridgehead atoms. The van der Waals surface area contributed by atoms with Gasteiger partial charge in [0, 0.05) is 31.7 Å². The topological polar surface area (TPSA) is 78.3 Å². The molecule has 1 aliphatic rings. The van der Waals surface area contributed by atoms with Gasteiger partial charge in [0.05, 0.1) is 16.1 Å². The molecule has 30 heavy (non-hydrogen) atoms. The SMILES string of the molecule is Cc1onc(-c2ccccc2Cl)c1C(=O)N1CCN(c2nc3ccccc3[nH]2)CC1. The zero-order chi connectivity index (χ0) is 20.7. The van der Waals surface area contributed by atoms with E-state index >= 15 is 0 Å². The number of nitrogens with zero attached hydrogens (tertiary/aromatic N) is 4. The number of piperazine rings is 1. The number of carbonyl (C=O) groups excluding carboxylic acids is 1. The van der Waals surface area contributed by atoms with E-state index in [0.29, 0.717) is 53.8 Å². The predicted molar refractivity (Wildman–Crippen MR) is 116 cm³/mol. The van der Waals surface area contributed by atoms with Crippen molar-refractivity contribution in [1.29, 1.82) is 0 Å². The fourth-order valence-corrected chi connectivity index (χ4v) is 4.05. The van der Waals surface area contributed by atoms with E-state index in [1.54, 1.807) is 13.0 Å². The molecule has 1 aliphatic heterocycles. The number of para-hydroxylation sites is 2. The van der Waals surface area contributed by atoms with Gasteiger partial charge in [0.15, 0.2) is 0 Å². The molecule has 1 amide bonds. The molecular formula is C22H20ClN5O2. The Labute approximate surface area is 178 Å². The van der Waals surface area contributed by atoms with Crippen LogP contribution >= 0.6 is 11.6 Å². The number of imidazole rings is 1. The smallest absolute Gasteiger partial charge is 0.259 e. The molecule has 5 rings (SSSR count). The summed E-state index contributed by atoms with van der Waals surface area (Å²) in [5.41, 5.74) is 3.61. The number of rotatable bonds is 3. The third-order valence-corrected chi connectivity index (χ3v) is 5.78. The highest BCUT2D eigenvalue weighted by Gasteiger charge is 2.29. The first kappa shape index (κ1) is 18.7. The van der Waals surface area contributed by atoms with Crippen LogP contribution in [0.15, 0.2) is 53.1 Å². The molecule has 8 heteroatoms. The monoisotopic (exact) mass is 421 g/mol. The van der Waals surface area contributed by atoms with Crippen LogP contribution in [0.4, 0.5) is 5.95 Å². The number of hydrogen-bond donors (Lipinski definition) is 1. The molecule has 1 saturated heterocycles. The van der Waals surface area contributed by atoms with Gasteiger partial charge in [-0.3, -0.25) is 4.79 Å². The van der Waals surface area contributed by atoms with Gasteiger partial charge in [0.1, 0.15) is 17.0 Å². The molecule has 0 aliphatic carbocycles. The van der Waals surface area contributed by atoms with Gasteiger partial charge in [0.25, 0.3) is 5.91 Å². The highest BCUT2D eigenvalue weighted by molar-refractivity contribution is 6.33. The second-order valence-electron chi connectivity index (χ2n) is 7.30. The molecule has 1 fully saturated rings. The number of halogens is 1. The fourth-order valence-electron chi connectivity index (χ4n) is 3.83. The number of amides is 1. The van der Waals surface area contributed by atoms with Gasteiger partial charge < -0.3 is 19.3 Å². The van der Waals surface area contributed by atoms with E-state index in [-0.39, 0.29) is 5.91 Å². The van der Waals surface area contributed by atoms with Crippen molar-refractivity contribution < 1.29 is 9.32 Å². The first-order valence-electron chi connectivity index (χ1n) is 9.82. The summed E-state index contributed by atoms with van der Waals surface area (Å²) < 4.78 is 5.36. The molecule has 7 nitrogen and oxygen atoms in total. The Morgan fingerprint density at radius 2 is 1.80 bits per heavy atom. The summed E-state index contributed by atoms with van der Waals surface area (Å²) in [6, 6.07) is 15.3. The van der Waals surface area contributed by atoms with Crippen LogP contribution in [0.3, 0.4) is 0 Å². The molecule has 0 unspecified atom stereocenters. The van der Waals surface area contributed by atoms with Crippen molar-refractivity contribution in [2.24, 2.45) is 0 Å². The number of H-pyrrole nitrogens is 1. The van der Waals surface area contributed by atoms with Crippen LogP contribution in [0.2, 0.25) is 5.02 Å². The normalized spacial score (nSPS) is 14.5. The molecule has 4 aromatic rings. The Hall–Kier alpha value is -3.32. The van der Waals surface area contributed by atoms with E-state index in [2.05, 4.69) is 20.0 Å². The van der Waals surface area contributed by atoms with Crippen molar-refractivity contribution in [3.8, 4) is 11.3 Å². The van der Waals surface area contributed by atoms with Crippen LogP contribution in [-0.4, -0.2) is 52.1 Å². The van der Waals surface area contributed by atoms with Crippen molar-refractivity contribution in [1.82, 2.24) is 20.0 Å². The Balaban J connectivity index is 1.35. The van der Waals surface area contributed by atoms with Crippen LogP contribution in [0.5, 0.6) is 0 Å². The number of nitrogens with one attached hydrogen (secondary N) is 1. The van der Waals surface area contributed by atoms with Crippen LogP contribution in [-0.2, 0) is 0 Å². The summed E-state index contributed by atoms with van der Waals surface area (Å²) in [6.45, 7) is 4.31. The van der Waals surface area contributed by atoms with Crippen molar-refractivity contribution in [2.45, 2.75) is 6.92 Å². The molecule has 0 atom stereocenters. The number of hydrogen-bond acceptors (Lipinski definition) is 5. The lowest BCUT2D eigenvalue weighted by Gasteiger charge is -2.34. The van der Waals surface area contributed by atoms with Gasteiger partial charge in [-0.2, -0.15) is 0 Å². The van der Waals surface area contributed by atoms with Crippen molar-refractivity contribution in [2.75, 3.05) is 31.1 Å². The first-order chi connectivity index (χ1) is 14.6. The first-order valence-corrected chi connectivity index (χ1v) is 10.2. The largest absolute Gasteiger partial charge is 0.360 e. The van der Waals surface area contributed by atoms with Gasteiger partial charge in [-0.25, -0.2) is 4.98 Å². The summed E-state index contributed by atoms with van der Waals surface area (Å²) in [5.74, 6) is 1.24. The van der Waals surface area contributed by atoms with Gasteiger partial charge in [0.2, 0.25) is 5.95 Å². The van der Waals surface area contributed by atoms with Gasteiger partial charge in [-0.15, -0.1) is 0 Å². The van der Waals surface area contributed by atoms with Crippen molar-refractivity contribution in [3.63, 3.8) is 0 Å². The summed E-state index contributed by atoms with van der Waals surface area (Å²) in [7, 11) is 0. The number of aromatic amines is 1. The zero-order valence-electron chi connectivity index (χ0n) is 16.4. The Morgan fingerprint density at radius 3 is 2.57 bits per heavy atom. The van der Waals surface area contributed by atoms with Gasteiger partial charge >= 0.3 is 0 Å². The third-order valence-electron chi connectivity index (χ3n) is 5.45. The Bertz CT molecular complexity index is 1190. The van der Waals surface area contributed by atoms with Gasteiger partial charge in [-0.1, -0.05) is 47.1 Å². The number of carbonyl (C=O) groups is 1. The Morgan fingerprint density at radius 1 is 1.07 bits per heavy atom. The maximum absolute atomic E-state index is 13.3. The molecule has 0 saturated carbocycles.